The van der Waals surface area contributed by atoms with Gasteiger partial charge < -0.3 is 5.32 Å². The van der Waals surface area contributed by atoms with Gasteiger partial charge in [0.25, 0.3) is 5.69 Å². The third kappa shape index (κ3) is 6.61. The molecule has 0 aliphatic heterocycles. The summed E-state index contributed by atoms with van der Waals surface area (Å²) in [6.45, 7) is 0.524. The molecule has 0 radical (unpaired) electrons. The van der Waals surface area contributed by atoms with Gasteiger partial charge in [-0.05, 0) is 42.7 Å². The minimum atomic E-state index is -3.73. The molecule has 2 aromatic carbocycles. The van der Waals surface area contributed by atoms with Crippen molar-refractivity contribution in [1.82, 2.24) is 9.62 Å². The number of amides is 1. The predicted octanol–water partition coefficient (Wildman–Crippen LogP) is 2.49. The van der Waals surface area contributed by atoms with E-state index in [4.69, 9.17) is 0 Å². The number of nitrogens with one attached hydrogen (secondary N) is 1. The Morgan fingerprint density at radius 1 is 1.14 bits per heavy atom. The quantitative estimate of drug-likeness (QED) is 0.466. The number of hydrogen-bond acceptors (Lipinski definition) is 5. The molecule has 0 aliphatic carbocycles. The molecule has 0 spiro atoms. The van der Waals surface area contributed by atoms with Gasteiger partial charge >= 0.3 is 0 Å². The normalized spacial score (nSPS) is 11.4. The van der Waals surface area contributed by atoms with Crippen LogP contribution in [-0.2, 0) is 21.2 Å². The zero-order chi connectivity index (χ0) is 21.4. The Morgan fingerprint density at radius 3 is 2.34 bits per heavy atom. The monoisotopic (exact) mass is 423 g/mol. The lowest BCUT2D eigenvalue weighted by atomic mass is 10.1. The summed E-state index contributed by atoms with van der Waals surface area (Å²) in [6.07, 6.45) is 1.02. The lowest BCUT2D eigenvalue weighted by molar-refractivity contribution is -0.384. The number of non-ortho nitro benzene ring substituents is 1. The van der Waals surface area contributed by atoms with Crippen LogP contribution in [0.3, 0.4) is 0 Å². The number of nitrogens with zero attached hydrogens (tertiary/aromatic N) is 2. The largest absolute Gasteiger partial charge is 0.356 e. The average Bonchev–Trinajstić information content (AvgIpc) is 2.68. The molecule has 1 amide bonds. The Morgan fingerprint density at radius 2 is 1.76 bits per heavy atom. The maximum absolute atomic E-state index is 12.9. The topological polar surface area (TPSA) is 110 Å². The fourth-order valence-electron chi connectivity index (χ4n) is 2.59. The second-order valence-electron chi connectivity index (χ2n) is 6.41. The third-order valence-electron chi connectivity index (χ3n) is 4.28. The van der Waals surface area contributed by atoms with Crippen LogP contribution in [0.4, 0.5) is 10.1 Å². The fourth-order valence-corrected chi connectivity index (χ4v) is 3.80. The van der Waals surface area contributed by atoms with E-state index in [-0.39, 0.29) is 29.5 Å². The van der Waals surface area contributed by atoms with Gasteiger partial charge in [-0.2, -0.15) is 0 Å². The first kappa shape index (κ1) is 22.4. The van der Waals surface area contributed by atoms with Gasteiger partial charge in [0.2, 0.25) is 15.9 Å². The Labute approximate surface area is 168 Å². The van der Waals surface area contributed by atoms with E-state index in [1.807, 2.05) is 0 Å². The van der Waals surface area contributed by atoms with Gasteiger partial charge in [0, 0.05) is 38.7 Å². The molecule has 2 rings (SSSR count). The smallest absolute Gasteiger partial charge is 0.269 e. The molecule has 8 nitrogen and oxygen atoms in total. The fraction of sp³-hybridized carbons (Fsp3) is 0.316. The number of hydrogen-bond donors (Lipinski definition) is 1. The standard InChI is InChI=1S/C19H22FN3O5S/c1-22(29(27,28)18-10-6-16(20)7-11-18)14-2-3-19(24)21-13-12-15-4-8-17(9-5-15)23(25)26/h4-11H,2-3,12-14H2,1H3,(H,21,24). The molecule has 0 aliphatic rings. The maximum Gasteiger partial charge on any atom is 0.269 e. The number of carbonyl (C=O) groups is 1. The van der Waals surface area contributed by atoms with Crippen molar-refractivity contribution in [3.63, 3.8) is 0 Å². The van der Waals surface area contributed by atoms with Crippen molar-refractivity contribution in [2.75, 3.05) is 20.1 Å². The molecule has 29 heavy (non-hydrogen) atoms. The van der Waals surface area contributed by atoms with Crippen molar-refractivity contribution in [2.45, 2.75) is 24.2 Å². The second kappa shape index (κ2) is 10.1. The summed E-state index contributed by atoms with van der Waals surface area (Å²) in [5, 5.41) is 13.3. The highest BCUT2D eigenvalue weighted by Crippen LogP contribution is 2.15. The number of nitro benzene ring substituents is 1. The van der Waals surface area contributed by atoms with E-state index in [1.165, 1.54) is 31.3 Å². The van der Waals surface area contributed by atoms with Crippen LogP contribution < -0.4 is 5.32 Å². The lowest BCUT2D eigenvalue weighted by Crippen LogP contribution is -2.30. The van der Waals surface area contributed by atoms with Gasteiger partial charge in [0.1, 0.15) is 5.82 Å². The molecule has 1 N–H and O–H groups in total. The summed E-state index contributed by atoms with van der Waals surface area (Å²) in [4.78, 5) is 22.0. The molecule has 10 heteroatoms. The molecular weight excluding hydrogens is 401 g/mol. The first-order valence-electron chi connectivity index (χ1n) is 8.92. The van der Waals surface area contributed by atoms with E-state index in [2.05, 4.69) is 5.32 Å². The highest BCUT2D eigenvalue weighted by molar-refractivity contribution is 7.89. The van der Waals surface area contributed by atoms with Crippen LogP contribution in [0.15, 0.2) is 53.4 Å². The Hall–Kier alpha value is -2.85. The SMILES string of the molecule is CN(CCCC(=O)NCCc1ccc([N+](=O)[O-])cc1)S(=O)(=O)c1ccc(F)cc1. The van der Waals surface area contributed by atoms with Gasteiger partial charge in [0.15, 0.2) is 0 Å². The average molecular weight is 423 g/mol. The molecule has 0 bridgehead atoms. The Kier molecular flexibility index (Phi) is 7.80. The van der Waals surface area contributed by atoms with Crippen molar-refractivity contribution < 1.29 is 22.5 Å². The minimum absolute atomic E-state index is 0.00560. The summed E-state index contributed by atoms with van der Waals surface area (Å²) < 4.78 is 38.8. The van der Waals surface area contributed by atoms with Crippen LogP contribution in [0.25, 0.3) is 0 Å². The van der Waals surface area contributed by atoms with Gasteiger partial charge in [-0.1, -0.05) is 12.1 Å². The highest BCUT2D eigenvalue weighted by atomic mass is 32.2. The van der Waals surface area contributed by atoms with E-state index < -0.39 is 20.8 Å². The molecule has 0 aromatic heterocycles. The van der Waals surface area contributed by atoms with Gasteiger partial charge in [-0.15, -0.1) is 0 Å². The van der Waals surface area contributed by atoms with Crippen LogP contribution in [0.5, 0.6) is 0 Å². The summed E-state index contributed by atoms with van der Waals surface area (Å²) in [5.74, 6) is -0.725. The van der Waals surface area contributed by atoms with Crippen molar-refractivity contribution in [3.05, 3.63) is 70.0 Å². The second-order valence-corrected chi connectivity index (χ2v) is 8.45. The molecular formula is C19H22FN3O5S. The van der Waals surface area contributed by atoms with Crippen LogP contribution in [0.1, 0.15) is 18.4 Å². The van der Waals surface area contributed by atoms with Crippen LogP contribution in [0.2, 0.25) is 0 Å². The summed E-state index contributed by atoms with van der Waals surface area (Å²) in [5.41, 5.74) is 0.874. The Balaban J connectivity index is 1.72. The molecule has 0 saturated carbocycles. The number of rotatable bonds is 10. The number of carbonyl (C=O) groups excluding carboxylic acids is 1. The van der Waals surface area contributed by atoms with Gasteiger partial charge in [0.05, 0.1) is 9.82 Å². The molecule has 156 valence electrons. The molecule has 0 heterocycles. The predicted molar refractivity (Wildman–Crippen MR) is 105 cm³/mol. The van der Waals surface area contributed by atoms with Gasteiger partial charge in [-0.25, -0.2) is 17.1 Å². The van der Waals surface area contributed by atoms with E-state index in [0.717, 1.165) is 22.0 Å². The lowest BCUT2D eigenvalue weighted by Gasteiger charge is -2.17. The summed E-state index contributed by atoms with van der Waals surface area (Å²) >= 11 is 0. The van der Waals surface area contributed by atoms with Crippen LogP contribution in [-0.4, -0.2) is 43.7 Å². The van der Waals surface area contributed by atoms with E-state index in [9.17, 15) is 27.7 Å². The van der Waals surface area contributed by atoms with E-state index in [0.29, 0.717) is 19.4 Å². The third-order valence-corrected chi connectivity index (χ3v) is 6.15. The van der Waals surface area contributed by atoms with Crippen molar-refractivity contribution in [3.8, 4) is 0 Å². The Bertz CT molecular complexity index is 947. The first-order chi connectivity index (χ1) is 13.7. The van der Waals surface area contributed by atoms with Crippen molar-refractivity contribution >= 4 is 21.6 Å². The summed E-state index contributed by atoms with van der Waals surface area (Å²) in [6, 6.07) is 10.7. The van der Waals surface area contributed by atoms with Crippen molar-refractivity contribution in [2.24, 2.45) is 0 Å². The molecule has 0 saturated heterocycles. The minimum Gasteiger partial charge on any atom is -0.356 e. The molecule has 2 aromatic rings. The number of nitro groups is 1. The molecule has 0 atom stereocenters. The molecule has 0 unspecified atom stereocenters. The van der Waals surface area contributed by atoms with Crippen LogP contribution >= 0.6 is 0 Å². The zero-order valence-electron chi connectivity index (χ0n) is 15.9. The first-order valence-corrected chi connectivity index (χ1v) is 10.4. The zero-order valence-corrected chi connectivity index (χ0v) is 16.7. The molecule has 0 fully saturated rings. The van der Waals surface area contributed by atoms with E-state index in [1.54, 1.807) is 12.1 Å². The number of sulfonamides is 1. The van der Waals surface area contributed by atoms with Gasteiger partial charge in [-0.3, -0.25) is 14.9 Å². The highest BCUT2D eigenvalue weighted by Gasteiger charge is 2.20. The number of benzene rings is 2. The number of halogens is 1. The van der Waals surface area contributed by atoms with E-state index >= 15 is 0 Å². The van der Waals surface area contributed by atoms with Crippen LogP contribution in [0, 0.1) is 15.9 Å². The summed E-state index contributed by atoms with van der Waals surface area (Å²) in [7, 11) is -2.32. The maximum atomic E-state index is 12.9. The van der Waals surface area contributed by atoms with Crippen molar-refractivity contribution in [1.29, 1.82) is 0 Å².